The van der Waals surface area contributed by atoms with Crippen molar-refractivity contribution in [2.45, 2.75) is 44.2 Å². The Hall–Kier alpha value is -2.47. The van der Waals surface area contributed by atoms with Crippen molar-refractivity contribution in [1.82, 2.24) is 10.2 Å². The third-order valence-corrected chi connectivity index (χ3v) is 7.14. The van der Waals surface area contributed by atoms with Crippen molar-refractivity contribution in [2.75, 3.05) is 12.3 Å². The van der Waals surface area contributed by atoms with Crippen molar-refractivity contribution in [3.63, 3.8) is 0 Å². The van der Waals surface area contributed by atoms with Crippen molar-refractivity contribution in [1.29, 1.82) is 0 Å². The predicted molar refractivity (Wildman–Crippen MR) is 146 cm³/mol. The minimum Gasteiger partial charge on any atom is -0.354 e. The number of amides is 2. The Morgan fingerprint density at radius 3 is 2.37 bits per heavy atom. The van der Waals surface area contributed by atoms with Gasteiger partial charge in [0.15, 0.2) is 0 Å². The zero-order chi connectivity index (χ0) is 25.2. The van der Waals surface area contributed by atoms with Gasteiger partial charge in [-0.1, -0.05) is 84.2 Å². The fraction of sp³-hybridized carbons (Fsp3) is 0.286. The molecule has 0 aliphatic carbocycles. The first-order valence-electron chi connectivity index (χ1n) is 11.6. The molecule has 3 rings (SSSR count). The van der Waals surface area contributed by atoms with Gasteiger partial charge in [0, 0.05) is 34.5 Å². The van der Waals surface area contributed by atoms with Gasteiger partial charge in [-0.25, -0.2) is 0 Å². The Labute approximate surface area is 222 Å². The Balaban J connectivity index is 1.91. The highest BCUT2D eigenvalue weighted by Gasteiger charge is 2.30. The first-order chi connectivity index (χ1) is 16.9. The van der Waals surface area contributed by atoms with E-state index in [4.69, 9.17) is 23.2 Å². The largest absolute Gasteiger partial charge is 0.354 e. The number of benzene rings is 3. The molecule has 0 spiro atoms. The molecule has 0 aromatic heterocycles. The number of nitrogens with zero attached hydrogens (tertiary/aromatic N) is 1. The molecule has 0 aliphatic heterocycles. The lowest BCUT2D eigenvalue weighted by Gasteiger charge is -2.32. The molecule has 1 unspecified atom stereocenters. The van der Waals surface area contributed by atoms with Crippen molar-refractivity contribution in [3.05, 3.63) is 99.5 Å². The molecule has 4 nitrogen and oxygen atoms in total. The number of carbonyl (C=O) groups excluding carboxylic acids is 2. The van der Waals surface area contributed by atoms with Crippen LogP contribution in [0.15, 0.2) is 77.7 Å². The van der Waals surface area contributed by atoms with Gasteiger partial charge >= 0.3 is 0 Å². The van der Waals surface area contributed by atoms with Gasteiger partial charge in [-0.2, -0.15) is 0 Å². The molecule has 184 valence electrons. The number of hydrogen-bond donors (Lipinski definition) is 1. The second-order valence-electron chi connectivity index (χ2n) is 8.36. The van der Waals surface area contributed by atoms with Crippen LogP contribution in [-0.4, -0.2) is 35.1 Å². The van der Waals surface area contributed by atoms with Gasteiger partial charge in [0.25, 0.3) is 0 Å². The maximum Gasteiger partial charge on any atom is 0.243 e. The molecule has 2 amide bonds. The van der Waals surface area contributed by atoms with E-state index in [0.29, 0.717) is 23.0 Å². The lowest BCUT2D eigenvalue weighted by Crippen LogP contribution is -2.51. The zero-order valence-corrected chi connectivity index (χ0v) is 22.3. The Bertz CT molecular complexity index is 1120. The molecule has 0 saturated heterocycles. The summed E-state index contributed by atoms with van der Waals surface area (Å²) in [5.41, 5.74) is 2.89. The highest BCUT2D eigenvalue weighted by Crippen LogP contribution is 2.26. The summed E-state index contributed by atoms with van der Waals surface area (Å²) in [6, 6.07) is 22.3. The summed E-state index contributed by atoms with van der Waals surface area (Å²) in [6.07, 6.45) is 1.21. The third kappa shape index (κ3) is 8.31. The molecule has 0 radical (unpaired) electrons. The van der Waals surface area contributed by atoms with Gasteiger partial charge in [0.1, 0.15) is 6.04 Å². The zero-order valence-electron chi connectivity index (χ0n) is 20.0. The quantitative estimate of drug-likeness (QED) is 0.286. The third-order valence-electron chi connectivity index (χ3n) is 5.56. The molecular weight excluding hydrogens is 499 g/mol. The standard InChI is InChI=1S/C28H30Cl2N2O2S/c1-3-15-31-28(34)26(16-21-7-5-4-6-8-21)32(18-22-11-12-23(29)17-25(22)30)27(33)19-35-24-13-9-20(2)10-14-24/h4-14,17,26H,3,15-16,18-19H2,1-2H3,(H,31,34). The van der Waals surface area contributed by atoms with E-state index in [1.165, 1.54) is 11.8 Å². The van der Waals surface area contributed by atoms with Crippen molar-refractivity contribution < 1.29 is 9.59 Å². The average Bonchev–Trinajstić information content (AvgIpc) is 2.86. The van der Waals surface area contributed by atoms with Crippen molar-refractivity contribution in [2.24, 2.45) is 0 Å². The highest BCUT2D eigenvalue weighted by molar-refractivity contribution is 8.00. The van der Waals surface area contributed by atoms with Crippen LogP contribution in [0.25, 0.3) is 0 Å². The van der Waals surface area contributed by atoms with Gasteiger partial charge in [-0.05, 0) is 48.7 Å². The van der Waals surface area contributed by atoms with Crippen LogP contribution < -0.4 is 5.32 Å². The molecule has 0 bridgehead atoms. The molecule has 3 aromatic carbocycles. The normalized spacial score (nSPS) is 11.7. The number of nitrogens with one attached hydrogen (secondary N) is 1. The van der Waals surface area contributed by atoms with Crippen LogP contribution in [-0.2, 0) is 22.6 Å². The number of carbonyl (C=O) groups is 2. The molecule has 35 heavy (non-hydrogen) atoms. The first-order valence-corrected chi connectivity index (χ1v) is 13.4. The second-order valence-corrected chi connectivity index (χ2v) is 10.2. The lowest BCUT2D eigenvalue weighted by molar-refractivity contribution is -0.139. The maximum absolute atomic E-state index is 13.6. The van der Waals surface area contributed by atoms with E-state index in [-0.39, 0.29) is 24.1 Å². The maximum atomic E-state index is 13.6. The molecule has 0 saturated carbocycles. The molecular formula is C28H30Cl2N2O2S. The van der Waals surface area contributed by atoms with Crippen LogP contribution >= 0.6 is 35.0 Å². The van der Waals surface area contributed by atoms with Crippen LogP contribution in [0.2, 0.25) is 10.0 Å². The van der Waals surface area contributed by atoms with Crippen molar-refractivity contribution in [3.8, 4) is 0 Å². The number of aryl methyl sites for hydroxylation is 1. The summed E-state index contributed by atoms with van der Waals surface area (Å²) in [4.78, 5) is 29.6. The summed E-state index contributed by atoms with van der Waals surface area (Å²) in [5, 5.41) is 3.97. The van der Waals surface area contributed by atoms with Gasteiger partial charge in [-0.15, -0.1) is 11.8 Å². The fourth-order valence-corrected chi connectivity index (χ4v) is 4.87. The van der Waals surface area contributed by atoms with E-state index in [1.54, 1.807) is 17.0 Å². The van der Waals surface area contributed by atoms with Gasteiger partial charge in [-0.3, -0.25) is 9.59 Å². The van der Waals surface area contributed by atoms with Gasteiger partial charge < -0.3 is 10.2 Å². The van der Waals surface area contributed by atoms with E-state index >= 15 is 0 Å². The fourth-order valence-electron chi connectivity index (χ4n) is 3.62. The van der Waals surface area contributed by atoms with Crippen molar-refractivity contribution >= 4 is 46.8 Å². The van der Waals surface area contributed by atoms with E-state index in [9.17, 15) is 9.59 Å². The van der Waals surface area contributed by atoms with E-state index in [1.807, 2.05) is 74.5 Å². The molecule has 0 aliphatic rings. The summed E-state index contributed by atoms with van der Waals surface area (Å²) < 4.78 is 0. The number of halogens is 2. The van der Waals surface area contributed by atoms with E-state index in [0.717, 1.165) is 28.0 Å². The molecule has 1 N–H and O–H groups in total. The molecule has 7 heteroatoms. The summed E-state index contributed by atoms with van der Waals surface area (Å²) in [6.45, 7) is 4.79. The van der Waals surface area contributed by atoms with Crippen LogP contribution in [0.4, 0.5) is 0 Å². The molecule has 1 atom stereocenters. The van der Waals surface area contributed by atoms with Crippen LogP contribution in [0.5, 0.6) is 0 Å². The Morgan fingerprint density at radius 1 is 1.00 bits per heavy atom. The first kappa shape index (κ1) is 27.1. The highest BCUT2D eigenvalue weighted by atomic mass is 35.5. The predicted octanol–water partition coefficient (Wildman–Crippen LogP) is 6.56. The van der Waals surface area contributed by atoms with Gasteiger partial charge in [0.05, 0.1) is 5.75 Å². The van der Waals surface area contributed by atoms with Crippen LogP contribution in [0, 0.1) is 6.92 Å². The topological polar surface area (TPSA) is 49.4 Å². The lowest BCUT2D eigenvalue weighted by atomic mass is 10.0. The number of thioether (sulfide) groups is 1. The molecule has 3 aromatic rings. The summed E-state index contributed by atoms with van der Waals surface area (Å²) in [7, 11) is 0. The Kier molecular flexibility index (Phi) is 10.5. The molecule has 0 fully saturated rings. The summed E-state index contributed by atoms with van der Waals surface area (Å²) in [5.74, 6) is -0.0932. The number of rotatable bonds is 11. The minimum absolute atomic E-state index is 0.130. The molecule has 0 heterocycles. The van der Waals surface area contributed by atoms with Crippen LogP contribution in [0.3, 0.4) is 0 Å². The number of hydrogen-bond acceptors (Lipinski definition) is 3. The van der Waals surface area contributed by atoms with Crippen LogP contribution in [0.1, 0.15) is 30.0 Å². The van der Waals surface area contributed by atoms with E-state index in [2.05, 4.69) is 5.32 Å². The van der Waals surface area contributed by atoms with Gasteiger partial charge in [0.2, 0.25) is 11.8 Å². The SMILES string of the molecule is CCCNC(=O)C(Cc1ccccc1)N(Cc1ccc(Cl)cc1Cl)C(=O)CSc1ccc(C)cc1. The smallest absolute Gasteiger partial charge is 0.243 e. The van der Waals surface area contributed by atoms with E-state index < -0.39 is 6.04 Å². The monoisotopic (exact) mass is 528 g/mol. The minimum atomic E-state index is -0.679. The average molecular weight is 530 g/mol. The Morgan fingerprint density at radius 2 is 1.71 bits per heavy atom. The summed E-state index contributed by atoms with van der Waals surface area (Å²) >= 11 is 14.0. The second kappa shape index (κ2) is 13.6.